The van der Waals surface area contributed by atoms with Crippen molar-refractivity contribution in [2.75, 3.05) is 113 Å². The number of benzene rings is 3. The minimum absolute atomic E-state index is 0.0125. The summed E-state index contributed by atoms with van der Waals surface area (Å²) in [5.41, 5.74) is 8.29. The molecule has 8 N–H and O–H groups in total. The molecular formula is C78H101Cl3N12O10. The van der Waals surface area contributed by atoms with Crippen LogP contribution in [-0.4, -0.2) is 202 Å². The molecule has 103 heavy (non-hydrogen) atoms. The Bertz CT molecular complexity index is 3530. The first-order valence-electron chi connectivity index (χ1n) is 37.2. The monoisotopic (exact) mass is 1470 g/mol. The number of hydrogen-bond acceptors (Lipinski definition) is 19. The van der Waals surface area contributed by atoms with Crippen LogP contribution < -0.4 is 45.3 Å². The molecule has 2 amide bonds. The van der Waals surface area contributed by atoms with Crippen LogP contribution in [-0.2, 0) is 14.4 Å². The van der Waals surface area contributed by atoms with E-state index < -0.39 is 36.4 Å². The van der Waals surface area contributed by atoms with E-state index in [0.29, 0.717) is 88.7 Å². The van der Waals surface area contributed by atoms with Crippen molar-refractivity contribution >= 4 is 70.0 Å². The lowest BCUT2D eigenvalue weighted by molar-refractivity contribution is -0.141. The Morgan fingerprint density at radius 3 is 1.06 bits per heavy atom. The molecule has 0 spiro atoms. The number of carbonyl (C=O) groups is 3. The van der Waals surface area contributed by atoms with Gasteiger partial charge in [-0.3, -0.25) is 14.4 Å². The van der Waals surface area contributed by atoms with Crippen LogP contribution in [0.4, 0.5) is 17.5 Å². The van der Waals surface area contributed by atoms with Gasteiger partial charge in [0.15, 0.2) is 0 Å². The van der Waals surface area contributed by atoms with E-state index in [-0.39, 0.29) is 47.8 Å². The van der Waals surface area contributed by atoms with Gasteiger partial charge in [0.05, 0.1) is 69.3 Å². The molecule has 6 saturated heterocycles. The second-order valence-corrected chi connectivity index (χ2v) is 30.2. The van der Waals surface area contributed by atoms with Crippen LogP contribution in [0.1, 0.15) is 131 Å². The van der Waals surface area contributed by atoms with E-state index >= 15 is 0 Å². The third-order valence-electron chi connectivity index (χ3n) is 20.7. The van der Waals surface area contributed by atoms with E-state index in [1.54, 1.807) is 36.8 Å². The number of halogens is 3. The summed E-state index contributed by atoms with van der Waals surface area (Å²) in [6.07, 6.45) is 19.4. The third kappa shape index (κ3) is 22.0. The molecule has 9 aliphatic rings. The summed E-state index contributed by atoms with van der Waals surface area (Å²) in [7, 11) is 0. The lowest BCUT2D eigenvalue weighted by atomic mass is 10.00. The lowest BCUT2D eigenvalue weighted by Crippen LogP contribution is -2.48. The van der Waals surface area contributed by atoms with Gasteiger partial charge >= 0.3 is 5.97 Å². The van der Waals surface area contributed by atoms with Gasteiger partial charge in [0.2, 0.25) is 11.8 Å². The summed E-state index contributed by atoms with van der Waals surface area (Å²) < 4.78 is 17.4. The fourth-order valence-corrected chi connectivity index (χ4v) is 15.0. The van der Waals surface area contributed by atoms with Gasteiger partial charge in [-0.15, -0.1) is 0 Å². The van der Waals surface area contributed by atoms with Crippen molar-refractivity contribution in [1.82, 2.24) is 40.3 Å². The Morgan fingerprint density at radius 1 is 0.437 bits per heavy atom. The van der Waals surface area contributed by atoms with Crippen molar-refractivity contribution < 1.29 is 49.0 Å². The highest BCUT2D eigenvalue weighted by atomic mass is 35.5. The minimum atomic E-state index is -0.856. The Hall–Kier alpha value is -7.09. The smallest absolute Gasteiger partial charge is 0.308 e. The molecule has 22 nitrogen and oxygen atoms in total. The van der Waals surface area contributed by atoms with E-state index in [0.717, 1.165) is 166 Å². The molecule has 3 aliphatic carbocycles. The van der Waals surface area contributed by atoms with Crippen molar-refractivity contribution in [2.45, 2.75) is 151 Å². The highest BCUT2D eigenvalue weighted by Gasteiger charge is 2.37. The van der Waals surface area contributed by atoms with E-state index in [9.17, 15) is 29.7 Å². The standard InChI is InChI=1S/2C26H33ClN4O3.C16H23ClN2O2.C10H12N2O2/c2*27-21-15-18(6-9-23(21)34-20-7-8-20)25(32)22(17-30-12-3-4-13-30)29-26(33)19-10-14-31(16-19)24-5-1-2-11-28-24;17-13-9-11(3-6-15(13)21-12-4-5-12)16(20)14(18)10-19-7-1-2-8-19;13-10(14)8-4-6-12(7-8)9-3-1-2-5-11-9/h2*1-2,5-6,9,11,15,19-20,22,25,32H,3-4,7-8,10,12-14,16-17H2,(H,29,33);3,6,9,12,14,16,20H,1-2,4-5,7-8,10,18H2;1-3,5,8H,4,6-7H2,(H,13,14)/t19-,22+,25+;19-,22-,25-;14-,16-;/m011./s1. The van der Waals surface area contributed by atoms with Crippen LogP contribution in [0.2, 0.25) is 15.1 Å². The number of rotatable bonds is 26. The van der Waals surface area contributed by atoms with Crippen LogP contribution in [0.25, 0.3) is 0 Å². The van der Waals surface area contributed by atoms with Crippen molar-refractivity contribution in [2.24, 2.45) is 23.5 Å². The molecule has 6 aromatic rings. The highest BCUT2D eigenvalue weighted by Crippen LogP contribution is 2.38. The first kappa shape index (κ1) is 75.6. The molecular weight excluding hydrogens is 1370 g/mol. The molecule has 6 aliphatic heterocycles. The number of carbonyl (C=O) groups excluding carboxylic acids is 2. The molecule has 0 radical (unpaired) electrons. The predicted molar refractivity (Wildman–Crippen MR) is 400 cm³/mol. The number of ether oxygens (including phenoxy) is 3. The normalized spacial score (nSPS) is 22.3. The first-order valence-corrected chi connectivity index (χ1v) is 38.3. The van der Waals surface area contributed by atoms with Crippen molar-refractivity contribution in [3.8, 4) is 17.2 Å². The number of aromatic nitrogens is 3. The molecule has 554 valence electrons. The van der Waals surface area contributed by atoms with Crippen molar-refractivity contribution in [3.63, 3.8) is 0 Å². The number of nitrogens with zero attached hydrogens (tertiary/aromatic N) is 9. The molecule has 1 unspecified atom stereocenters. The number of aliphatic hydroxyl groups is 3. The number of hydrogen-bond donors (Lipinski definition) is 7. The maximum Gasteiger partial charge on any atom is 0.308 e. The number of amides is 2. The molecule has 0 bridgehead atoms. The zero-order valence-corrected chi connectivity index (χ0v) is 61.0. The molecule has 9 atom stereocenters. The molecule has 25 heteroatoms. The average molecular weight is 1470 g/mol. The number of carboxylic acids is 1. The number of aliphatic hydroxyl groups excluding tert-OH is 3. The van der Waals surface area contributed by atoms with Gasteiger partial charge in [-0.05, 0) is 225 Å². The quantitative estimate of drug-likeness (QED) is 0.0266. The number of anilines is 3. The van der Waals surface area contributed by atoms with Crippen LogP contribution in [0.3, 0.4) is 0 Å². The second kappa shape index (κ2) is 36.8. The zero-order chi connectivity index (χ0) is 71.8. The van der Waals surface area contributed by atoms with E-state index in [1.165, 1.54) is 12.8 Å². The molecule has 3 aromatic heterocycles. The maximum absolute atomic E-state index is 13.3. The van der Waals surface area contributed by atoms with E-state index in [4.69, 9.17) is 59.9 Å². The van der Waals surface area contributed by atoms with Gasteiger partial charge in [0.25, 0.3) is 0 Å². The molecule has 9 heterocycles. The number of nitrogens with one attached hydrogen (secondary N) is 2. The topological polar surface area (TPSA) is 268 Å². The Kier molecular flexibility index (Phi) is 27.0. The first-order chi connectivity index (χ1) is 50.0. The number of aliphatic carboxylic acids is 1. The molecule has 15 rings (SSSR count). The van der Waals surface area contributed by atoms with Gasteiger partial charge in [0.1, 0.15) is 46.9 Å². The Morgan fingerprint density at radius 2 is 0.757 bits per heavy atom. The SMILES string of the molecule is N[C@H](CN1CCCC1)[C@H](O)c1ccc(OC2CC2)c(Cl)c1.O=C(N[C@H](CN1CCCC1)[C@H](O)c1ccc(OC2CC2)c(Cl)c1)[C@@H]1CCN(c2ccccn2)C1.O=C(N[C@H](CN1CCCC1)[C@H](O)c1ccc(OC2CC2)c(Cl)c1)[C@H]1CCN(c2ccccn2)C1.O=C(O)C1CCN(c2ccccn2)C1. The van der Waals surface area contributed by atoms with Crippen molar-refractivity contribution in [1.29, 1.82) is 0 Å². The maximum atomic E-state index is 13.3. The number of nitrogens with two attached hydrogens (primary N) is 1. The van der Waals surface area contributed by atoms with Gasteiger partial charge in [-0.2, -0.15) is 0 Å². The lowest BCUT2D eigenvalue weighted by Gasteiger charge is -2.30. The van der Waals surface area contributed by atoms with Crippen LogP contribution in [0, 0.1) is 17.8 Å². The summed E-state index contributed by atoms with van der Waals surface area (Å²) in [5.74, 6) is 3.44. The fourth-order valence-electron chi connectivity index (χ4n) is 14.3. The summed E-state index contributed by atoms with van der Waals surface area (Å²) >= 11 is 19.2. The van der Waals surface area contributed by atoms with Gasteiger partial charge in [-0.25, -0.2) is 15.0 Å². The number of likely N-dealkylation sites (tertiary alicyclic amines) is 3. The van der Waals surface area contributed by atoms with Gasteiger partial charge < -0.3 is 80.4 Å². The van der Waals surface area contributed by atoms with Crippen LogP contribution >= 0.6 is 34.8 Å². The summed E-state index contributed by atoms with van der Waals surface area (Å²) in [5, 5.41) is 49.8. The Labute approximate surface area is 620 Å². The average Bonchev–Trinajstić information content (AvgIpc) is 1.34. The van der Waals surface area contributed by atoms with Crippen LogP contribution in [0.15, 0.2) is 128 Å². The summed E-state index contributed by atoms with van der Waals surface area (Å²) in [4.78, 5) is 63.5. The highest BCUT2D eigenvalue weighted by molar-refractivity contribution is 6.32. The molecule has 9 fully saturated rings. The minimum Gasteiger partial charge on any atom is -0.489 e. The number of pyridine rings is 3. The summed E-state index contributed by atoms with van der Waals surface area (Å²) in [6, 6.07) is 32.6. The predicted octanol–water partition coefficient (Wildman–Crippen LogP) is 10.2. The van der Waals surface area contributed by atoms with Crippen LogP contribution in [0.5, 0.6) is 17.2 Å². The van der Waals surface area contributed by atoms with E-state index in [1.807, 2.05) is 95.9 Å². The van der Waals surface area contributed by atoms with Gasteiger partial charge in [-0.1, -0.05) is 71.2 Å². The van der Waals surface area contributed by atoms with E-state index in [2.05, 4.69) is 50.1 Å². The molecule has 3 saturated carbocycles. The second-order valence-electron chi connectivity index (χ2n) is 29.0. The zero-order valence-electron chi connectivity index (χ0n) is 58.7. The molecule has 3 aromatic carbocycles. The number of carboxylic acid groups (broad SMARTS) is 1. The Balaban J connectivity index is 0.000000136. The fraction of sp³-hybridized carbons (Fsp3) is 0.538. The summed E-state index contributed by atoms with van der Waals surface area (Å²) in [6.45, 7) is 12.3. The van der Waals surface area contributed by atoms with Crippen molar-refractivity contribution in [3.05, 3.63) is 160 Å². The third-order valence-corrected chi connectivity index (χ3v) is 21.6. The largest absolute Gasteiger partial charge is 0.489 e. The van der Waals surface area contributed by atoms with Gasteiger partial charge in [0, 0.05) is 83.5 Å².